The predicted octanol–water partition coefficient (Wildman–Crippen LogP) is -2.13. The van der Waals surface area contributed by atoms with Crippen LogP contribution in [0.3, 0.4) is 0 Å². The number of nitrogens with one attached hydrogen (secondary N) is 2. The van der Waals surface area contributed by atoms with E-state index in [1.165, 1.54) is 0 Å². The summed E-state index contributed by atoms with van der Waals surface area (Å²) in [4.78, 5) is 21.1. The molecular formula is C6H16N4O6S. The van der Waals surface area contributed by atoms with E-state index < -0.39 is 10.4 Å². The molecule has 0 aromatic rings. The Bertz CT molecular complexity index is 303. The van der Waals surface area contributed by atoms with Gasteiger partial charge in [-0.05, 0) is 12.8 Å². The van der Waals surface area contributed by atoms with Crippen LogP contribution in [0.2, 0.25) is 0 Å². The molecule has 102 valence electrons. The molecule has 0 aliphatic carbocycles. The third kappa shape index (κ3) is 25.2. The number of hydrazine groups is 2. The van der Waals surface area contributed by atoms with E-state index in [1.807, 2.05) is 10.9 Å². The summed E-state index contributed by atoms with van der Waals surface area (Å²) in [6.45, 7) is 0. The van der Waals surface area contributed by atoms with E-state index >= 15 is 0 Å². The average Bonchev–Trinajstić information content (AvgIpc) is 2.21. The van der Waals surface area contributed by atoms with Crippen LogP contribution in [0.25, 0.3) is 0 Å². The van der Waals surface area contributed by atoms with Gasteiger partial charge in [0.15, 0.2) is 0 Å². The molecule has 0 bridgehead atoms. The fraction of sp³-hybridized carbons (Fsp3) is 0.667. The van der Waals surface area contributed by atoms with Gasteiger partial charge in [-0.2, -0.15) is 8.42 Å². The van der Waals surface area contributed by atoms with E-state index in [4.69, 9.17) is 29.2 Å². The molecule has 0 atom stereocenters. The fourth-order valence-electron chi connectivity index (χ4n) is 0.715. The Balaban J connectivity index is 0. The first-order chi connectivity index (χ1) is 7.70. The van der Waals surface area contributed by atoms with Crippen LogP contribution in [0.4, 0.5) is 0 Å². The molecule has 0 aromatic heterocycles. The van der Waals surface area contributed by atoms with Crippen molar-refractivity contribution in [2.24, 2.45) is 11.7 Å². The van der Waals surface area contributed by atoms with Crippen molar-refractivity contribution in [2.75, 3.05) is 0 Å². The zero-order chi connectivity index (χ0) is 13.9. The number of rotatable bonds is 5. The molecule has 0 fully saturated rings. The lowest BCUT2D eigenvalue weighted by Crippen LogP contribution is -2.30. The van der Waals surface area contributed by atoms with Crippen molar-refractivity contribution in [1.82, 2.24) is 10.9 Å². The van der Waals surface area contributed by atoms with Crippen LogP contribution in [-0.4, -0.2) is 29.3 Å². The number of unbranched alkanes of at least 4 members (excludes halogenated alkanes) is 1. The molecular weight excluding hydrogens is 256 g/mol. The van der Waals surface area contributed by atoms with Crippen molar-refractivity contribution in [3.05, 3.63) is 0 Å². The molecule has 0 aliphatic heterocycles. The summed E-state index contributed by atoms with van der Waals surface area (Å²) in [5.41, 5.74) is 4.01. The van der Waals surface area contributed by atoms with Gasteiger partial charge in [0.1, 0.15) is 0 Å². The van der Waals surface area contributed by atoms with Crippen molar-refractivity contribution < 1.29 is 27.1 Å². The number of amides is 2. The van der Waals surface area contributed by atoms with Crippen molar-refractivity contribution in [3.8, 4) is 0 Å². The minimum Gasteiger partial charge on any atom is -0.294 e. The Kier molecular flexibility index (Phi) is 10.6. The van der Waals surface area contributed by atoms with Crippen LogP contribution >= 0.6 is 0 Å². The Morgan fingerprint density at radius 1 is 0.941 bits per heavy atom. The predicted molar refractivity (Wildman–Crippen MR) is 57.3 cm³/mol. The first-order valence-electron chi connectivity index (χ1n) is 4.39. The highest BCUT2D eigenvalue weighted by Crippen LogP contribution is 1.98. The van der Waals surface area contributed by atoms with E-state index in [9.17, 15) is 9.59 Å². The standard InChI is InChI=1S/C6H14N4O2.H2O4S/c7-9-5(11)3-1-2-4-6(12)10-8;1-5(2,3)4/h1-4,7-8H2,(H,9,11)(H,10,12);(H2,1,2,3,4). The number of nitrogens with two attached hydrogens (primary N) is 2. The molecule has 0 saturated carbocycles. The molecule has 0 unspecified atom stereocenters. The molecule has 0 aliphatic rings. The topological polar surface area (TPSA) is 185 Å². The second kappa shape index (κ2) is 9.92. The fourth-order valence-corrected chi connectivity index (χ4v) is 0.715. The third-order valence-electron chi connectivity index (χ3n) is 1.38. The minimum atomic E-state index is -4.67. The second-order valence-electron chi connectivity index (χ2n) is 2.79. The maximum atomic E-state index is 10.6. The Morgan fingerprint density at radius 2 is 1.18 bits per heavy atom. The van der Waals surface area contributed by atoms with Crippen LogP contribution in [0.5, 0.6) is 0 Å². The highest BCUT2D eigenvalue weighted by atomic mass is 32.3. The van der Waals surface area contributed by atoms with Gasteiger partial charge in [0.2, 0.25) is 11.8 Å². The Morgan fingerprint density at radius 3 is 1.35 bits per heavy atom. The summed E-state index contributed by atoms with van der Waals surface area (Å²) in [5.74, 6) is 9.24. The van der Waals surface area contributed by atoms with E-state index in [-0.39, 0.29) is 11.8 Å². The maximum Gasteiger partial charge on any atom is 0.394 e. The molecule has 17 heavy (non-hydrogen) atoms. The molecule has 0 rings (SSSR count). The first kappa shape index (κ1) is 18.1. The Hall–Kier alpha value is -1.27. The average molecular weight is 272 g/mol. The van der Waals surface area contributed by atoms with Crippen molar-refractivity contribution in [2.45, 2.75) is 25.7 Å². The summed E-state index contributed by atoms with van der Waals surface area (Å²) in [5, 5.41) is 0. The van der Waals surface area contributed by atoms with E-state index in [0.29, 0.717) is 25.7 Å². The van der Waals surface area contributed by atoms with Crippen LogP contribution in [0.15, 0.2) is 0 Å². The quantitative estimate of drug-likeness (QED) is 0.108. The third-order valence-corrected chi connectivity index (χ3v) is 1.38. The number of hydrogen-bond donors (Lipinski definition) is 6. The lowest BCUT2D eigenvalue weighted by molar-refractivity contribution is -0.123. The van der Waals surface area contributed by atoms with Crippen molar-refractivity contribution in [3.63, 3.8) is 0 Å². The molecule has 0 aromatic carbocycles. The number of carbonyl (C=O) groups excluding carboxylic acids is 2. The molecule has 0 saturated heterocycles. The monoisotopic (exact) mass is 272 g/mol. The zero-order valence-electron chi connectivity index (χ0n) is 8.92. The molecule has 0 heterocycles. The largest absolute Gasteiger partial charge is 0.394 e. The van der Waals surface area contributed by atoms with Gasteiger partial charge >= 0.3 is 10.4 Å². The molecule has 8 N–H and O–H groups in total. The van der Waals surface area contributed by atoms with Crippen molar-refractivity contribution in [1.29, 1.82) is 0 Å². The summed E-state index contributed by atoms with van der Waals surface area (Å²) in [6, 6.07) is 0. The van der Waals surface area contributed by atoms with Crippen LogP contribution in [0.1, 0.15) is 25.7 Å². The number of hydrogen-bond acceptors (Lipinski definition) is 6. The maximum absolute atomic E-state index is 10.6. The Labute approximate surface area is 98.2 Å². The van der Waals surface area contributed by atoms with Gasteiger partial charge in [-0.3, -0.25) is 29.5 Å². The van der Waals surface area contributed by atoms with Gasteiger partial charge in [0, 0.05) is 12.8 Å². The summed E-state index contributed by atoms with van der Waals surface area (Å²) in [7, 11) is -4.67. The zero-order valence-corrected chi connectivity index (χ0v) is 9.74. The molecule has 11 heteroatoms. The van der Waals surface area contributed by atoms with E-state index in [1.54, 1.807) is 0 Å². The van der Waals surface area contributed by atoms with Gasteiger partial charge in [-0.15, -0.1) is 0 Å². The first-order valence-corrected chi connectivity index (χ1v) is 5.79. The molecule has 2 amide bonds. The van der Waals surface area contributed by atoms with Gasteiger partial charge < -0.3 is 0 Å². The van der Waals surface area contributed by atoms with E-state index in [2.05, 4.69) is 0 Å². The van der Waals surface area contributed by atoms with Crippen LogP contribution < -0.4 is 22.5 Å². The summed E-state index contributed by atoms with van der Waals surface area (Å²) in [6.07, 6.45) is 1.95. The minimum absolute atomic E-state index is 0.219. The van der Waals surface area contributed by atoms with Gasteiger partial charge in [0.05, 0.1) is 0 Å². The number of carbonyl (C=O) groups is 2. The lowest BCUT2D eigenvalue weighted by Gasteiger charge is -1.99. The van der Waals surface area contributed by atoms with E-state index in [0.717, 1.165) is 0 Å². The highest BCUT2D eigenvalue weighted by Gasteiger charge is 2.00. The molecule has 0 spiro atoms. The van der Waals surface area contributed by atoms with Gasteiger partial charge in [-0.25, -0.2) is 11.7 Å². The van der Waals surface area contributed by atoms with Crippen LogP contribution in [-0.2, 0) is 20.0 Å². The molecule has 0 radical (unpaired) electrons. The second-order valence-corrected chi connectivity index (χ2v) is 3.69. The normalized spacial score (nSPS) is 9.88. The lowest BCUT2D eigenvalue weighted by atomic mass is 10.2. The summed E-state index contributed by atoms with van der Waals surface area (Å²) < 4.78 is 31.6. The van der Waals surface area contributed by atoms with Gasteiger partial charge in [-0.1, -0.05) is 0 Å². The SMILES string of the molecule is NNC(=O)CCCCC(=O)NN.O=S(=O)(O)O. The highest BCUT2D eigenvalue weighted by molar-refractivity contribution is 7.79. The summed E-state index contributed by atoms with van der Waals surface area (Å²) >= 11 is 0. The van der Waals surface area contributed by atoms with Crippen molar-refractivity contribution >= 4 is 22.2 Å². The molecule has 10 nitrogen and oxygen atoms in total. The smallest absolute Gasteiger partial charge is 0.294 e. The van der Waals surface area contributed by atoms with Gasteiger partial charge in [0.25, 0.3) is 0 Å². The van der Waals surface area contributed by atoms with Crippen LogP contribution in [0, 0.1) is 0 Å².